The van der Waals surface area contributed by atoms with E-state index in [4.69, 9.17) is 9.47 Å². The van der Waals surface area contributed by atoms with Gasteiger partial charge in [0, 0.05) is 18.6 Å². The summed E-state index contributed by atoms with van der Waals surface area (Å²) in [5.41, 5.74) is 2.40. The summed E-state index contributed by atoms with van der Waals surface area (Å²) in [6.07, 6.45) is 1.87. The molecule has 3 nitrogen and oxygen atoms in total. The molecule has 1 aliphatic rings. The number of methoxy groups -OCH3 is 1. The summed E-state index contributed by atoms with van der Waals surface area (Å²) in [7, 11) is 1.45. The van der Waals surface area contributed by atoms with Crippen LogP contribution in [0.3, 0.4) is 0 Å². The summed E-state index contributed by atoms with van der Waals surface area (Å²) in [5.74, 6) is 1.32. The molecule has 23 heavy (non-hydrogen) atoms. The van der Waals surface area contributed by atoms with Gasteiger partial charge in [0.05, 0.1) is 13.0 Å². The number of esters is 1. The zero-order chi connectivity index (χ0) is 15.4. The van der Waals surface area contributed by atoms with E-state index in [0.29, 0.717) is 12.5 Å². The Labute approximate surface area is 148 Å². The van der Waals surface area contributed by atoms with Crippen molar-refractivity contribution in [2.75, 3.05) is 7.11 Å². The third-order valence-corrected chi connectivity index (χ3v) is 4.10. The standard InChI is InChI=1S/C19H20O3.V/c1-21-19(20)18-12-16(18)11-14-7-9-17(10-8-14)22-13-15-5-3-2-4-6-15;/h2-10,16,18H,11-13H2,1H3;/t16-,18+;/m0./s1. The number of hydrogen-bond donors (Lipinski definition) is 0. The molecule has 119 valence electrons. The first-order valence-electron chi connectivity index (χ1n) is 7.60. The van der Waals surface area contributed by atoms with E-state index in [2.05, 4.69) is 24.3 Å². The molecule has 0 bridgehead atoms. The first-order chi connectivity index (χ1) is 10.8. The molecular weight excluding hydrogens is 327 g/mol. The maximum absolute atomic E-state index is 11.4. The first-order valence-corrected chi connectivity index (χ1v) is 7.60. The summed E-state index contributed by atoms with van der Waals surface area (Å²) in [4.78, 5) is 11.4. The summed E-state index contributed by atoms with van der Waals surface area (Å²) in [6.45, 7) is 0.577. The van der Waals surface area contributed by atoms with E-state index in [0.717, 1.165) is 24.2 Å². The van der Waals surface area contributed by atoms with E-state index in [1.807, 2.05) is 30.3 Å². The molecule has 0 aromatic heterocycles. The van der Waals surface area contributed by atoms with Gasteiger partial charge >= 0.3 is 5.97 Å². The predicted octanol–water partition coefficient (Wildman–Crippen LogP) is 3.61. The Morgan fingerprint density at radius 1 is 1.04 bits per heavy atom. The van der Waals surface area contributed by atoms with Gasteiger partial charge in [-0.2, -0.15) is 0 Å². The molecule has 0 saturated heterocycles. The number of rotatable bonds is 6. The van der Waals surface area contributed by atoms with Crippen molar-refractivity contribution in [2.45, 2.75) is 19.4 Å². The second kappa shape index (κ2) is 8.23. The minimum absolute atomic E-state index is 0. The molecule has 2 aromatic rings. The molecular formula is C19H20O3V. The van der Waals surface area contributed by atoms with E-state index in [1.165, 1.54) is 12.7 Å². The third kappa shape index (κ3) is 4.88. The van der Waals surface area contributed by atoms with E-state index in [1.54, 1.807) is 0 Å². The smallest absolute Gasteiger partial charge is 0.308 e. The van der Waals surface area contributed by atoms with Crippen molar-refractivity contribution < 1.29 is 32.8 Å². The third-order valence-electron chi connectivity index (χ3n) is 4.10. The summed E-state index contributed by atoms with van der Waals surface area (Å²) in [6, 6.07) is 18.3. The average molecular weight is 347 g/mol. The van der Waals surface area contributed by atoms with Gasteiger partial charge in [0.2, 0.25) is 0 Å². The van der Waals surface area contributed by atoms with E-state index in [-0.39, 0.29) is 30.4 Å². The largest absolute Gasteiger partial charge is 0.489 e. The molecule has 0 N–H and O–H groups in total. The van der Waals surface area contributed by atoms with Gasteiger partial charge in [-0.3, -0.25) is 4.79 Å². The van der Waals surface area contributed by atoms with Gasteiger partial charge in [0.25, 0.3) is 0 Å². The fourth-order valence-electron chi connectivity index (χ4n) is 2.68. The Kier molecular flexibility index (Phi) is 6.32. The SMILES string of the molecule is COC(=O)[C@@H]1C[C@@H]1Cc1ccc(OCc2ccccc2)cc1.[V]. The Morgan fingerprint density at radius 3 is 2.39 bits per heavy atom. The number of hydrogen-bond acceptors (Lipinski definition) is 3. The van der Waals surface area contributed by atoms with Gasteiger partial charge in [0.1, 0.15) is 12.4 Å². The Balaban J connectivity index is 0.00000192. The molecule has 0 amide bonds. The van der Waals surface area contributed by atoms with Crippen LogP contribution in [0, 0.1) is 11.8 Å². The van der Waals surface area contributed by atoms with Crippen LogP contribution < -0.4 is 4.74 Å². The molecule has 0 spiro atoms. The summed E-state index contributed by atoms with van der Waals surface area (Å²) >= 11 is 0. The second-order valence-corrected chi connectivity index (χ2v) is 5.75. The minimum Gasteiger partial charge on any atom is -0.489 e. The first kappa shape index (κ1) is 17.6. The predicted molar refractivity (Wildman–Crippen MR) is 84.5 cm³/mol. The molecule has 4 heteroatoms. The van der Waals surface area contributed by atoms with E-state index >= 15 is 0 Å². The summed E-state index contributed by atoms with van der Waals surface area (Å²) < 4.78 is 10.5. The maximum atomic E-state index is 11.4. The Morgan fingerprint density at radius 2 is 1.74 bits per heavy atom. The van der Waals surface area contributed by atoms with Crippen LogP contribution in [0.25, 0.3) is 0 Å². The van der Waals surface area contributed by atoms with Crippen molar-refractivity contribution in [3.05, 3.63) is 65.7 Å². The topological polar surface area (TPSA) is 35.5 Å². The Hall–Kier alpha value is -1.71. The maximum Gasteiger partial charge on any atom is 0.308 e. The molecule has 1 radical (unpaired) electrons. The molecule has 1 fully saturated rings. The monoisotopic (exact) mass is 347 g/mol. The van der Waals surface area contributed by atoms with Crippen molar-refractivity contribution in [3.8, 4) is 5.75 Å². The molecule has 2 aromatic carbocycles. The molecule has 0 unspecified atom stereocenters. The van der Waals surface area contributed by atoms with Gasteiger partial charge < -0.3 is 9.47 Å². The molecule has 3 rings (SSSR count). The second-order valence-electron chi connectivity index (χ2n) is 5.75. The molecule has 1 saturated carbocycles. The van der Waals surface area contributed by atoms with Crippen LogP contribution in [0.15, 0.2) is 54.6 Å². The van der Waals surface area contributed by atoms with Crippen LogP contribution in [0.1, 0.15) is 17.5 Å². The van der Waals surface area contributed by atoms with Crippen LogP contribution in [0.4, 0.5) is 0 Å². The van der Waals surface area contributed by atoms with Crippen molar-refractivity contribution >= 4 is 5.97 Å². The van der Waals surface area contributed by atoms with E-state index < -0.39 is 0 Å². The molecule has 2 atom stereocenters. The van der Waals surface area contributed by atoms with Gasteiger partial charge in [-0.05, 0) is 42.0 Å². The van der Waals surface area contributed by atoms with Crippen LogP contribution in [0.2, 0.25) is 0 Å². The van der Waals surface area contributed by atoms with Crippen molar-refractivity contribution in [2.24, 2.45) is 11.8 Å². The van der Waals surface area contributed by atoms with Gasteiger partial charge in [0.15, 0.2) is 0 Å². The van der Waals surface area contributed by atoms with Crippen LogP contribution in [-0.4, -0.2) is 13.1 Å². The van der Waals surface area contributed by atoms with Gasteiger partial charge in [-0.15, -0.1) is 0 Å². The average Bonchev–Trinajstić information content (AvgIpc) is 3.33. The van der Waals surface area contributed by atoms with Gasteiger partial charge in [-0.1, -0.05) is 42.5 Å². The summed E-state index contributed by atoms with van der Waals surface area (Å²) in [5, 5.41) is 0. The van der Waals surface area contributed by atoms with Crippen molar-refractivity contribution in [1.82, 2.24) is 0 Å². The van der Waals surface area contributed by atoms with Gasteiger partial charge in [-0.25, -0.2) is 0 Å². The fourth-order valence-corrected chi connectivity index (χ4v) is 2.68. The fraction of sp³-hybridized carbons (Fsp3) is 0.316. The van der Waals surface area contributed by atoms with Crippen LogP contribution in [-0.2, 0) is 41.1 Å². The molecule has 0 heterocycles. The van der Waals surface area contributed by atoms with Crippen LogP contribution in [0.5, 0.6) is 5.75 Å². The molecule has 1 aliphatic carbocycles. The zero-order valence-corrected chi connectivity index (χ0v) is 14.5. The zero-order valence-electron chi connectivity index (χ0n) is 13.1. The van der Waals surface area contributed by atoms with Crippen LogP contribution >= 0.6 is 0 Å². The van der Waals surface area contributed by atoms with Crippen molar-refractivity contribution in [1.29, 1.82) is 0 Å². The quantitative estimate of drug-likeness (QED) is 0.749. The minimum atomic E-state index is -0.0761. The number of carbonyl (C=O) groups excluding carboxylic acids is 1. The number of carbonyl (C=O) groups is 1. The normalized spacial score (nSPS) is 18.7. The number of ether oxygens (including phenoxy) is 2. The van der Waals surface area contributed by atoms with E-state index in [9.17, 15) is 4.79 Å². The Bertz CT molecular complexity index is 625. The van der Waals surface area contributed by atoms with Crippen molar-refractivity contribution in [3.63, 3.8) is 0 Å². The number of benzene rings is 2. The molecule has 0 aliphatic heterocycles.